The van der Waals surface area contributed by atoms with Crippen molar-refractivity contribution in [2.45, 2.75) is 26.3 Å². The van der Waals surface area contributed by atoms with Crippen LogP contribution in [0, 0.1) is 12.3 Å². The Balaban J connectivity index is 1.85. The molecule has 0 atom stereocenters. The highest BCUT2D eigenvalue weighted by atomic mass is 19.4. The minimum atomic E-state index is -4.34. The van der Waals surface area contributed by atoms with E-state index in [1.165, 1.54) is 0 Å². The predicted molar refractivity (Wildman–Crippen MR) is 118 cm³/mol. The Bertz CT molecular complexity index is 951. The number of rotatable bonds is 9. The van der Waals surface area contributed by atoms with Gasteiger partial charge in [0.2, 0.25) is 5.91 Å². The summed E-state index contributed by atoms with van der Waals surface area (Å²) < 4.78 is 41.0. The Kier molecular flexibility index (Phi) is 9.57. The van der Waals surface area contributed by atoms with E-state index in [1.54, 1.807) is 48.5 Å². The van der Waals surface area contributed by atoms with Crippen molar-refractivity contribution in [1.29, 1.82) is 0 Å². The number of ether oxygens (including phenoxy) is 1. The first kappa shape index (κ1) is 24.8. The highest BCUT2D eigenvalue weighted by Gasteiger charge is 2.27. The highest BCUT2D eigenvalue weighted by Crippen LogP contribution is 2.16. The molecule has 0 aromatic heterocycles. The van der Waals surface area contributed by atoms with Crippen molar-refractivity contribution < 1.29 is 22.7 Å². The Labute approximate surface area is 185 Å². The van der Waals surface area contributed by atoms with Gasteiger partial charge in [0.25, 0.3) is 0 Å². The fourth-order valence-corrected chi connectivity index (χ4v) is 2.59. The van der Waals surface area contributed by atoms with Gasteiger partial charge in [-0.25, -0.2) is 4.99 Å². The molecule has 0 radical (unpaired) electrons. The molecule has 32 heavy (non-hydrogen) atoms. The van der Waals surface area contributed by atoms with Crippen LogP contribution in [0.5, 0.6) is 0 Å². The van der Waals surface area contributed by atoms with E-state index in [0.717, 1.165) is 5.56 Å². The Morgan fingerprint density at radius 2 is 1.84 bits per heavy atom. The van der Waals surface area contributed by atoms with Gasteiger partial charge in [-0.05, 0) is 36.2 Å². The van der Waals surface area contributed by atoms with E-state index in [9.17, 15) is 18.0 Å². The van der Waals surface area contributed by atoms with E-state index in [0.29, 0.717) is 35.9 Å². The van der Waals surface area contributed by atoms with Gasteiger partial charge in [-0.15, -0.1) is 6.42 Å². The lowest BCUT2D eigenvalue weighted by Gasteiger charge is -2.12. The third-order valence-electron chi connectivity index (χ3n) is 4.05. The molecule has 2 rings (SSSR count). The van der Waals surface area contributed by atoms with Crippen molar-refractivity contribution in [3.63, 3.8) is 0 Å². The smallest absolute Gasteiger partial charge is 0.367 e. The molecular formula is C23H25F3N4O2. The van der Waals surface area contributed by atoms with E-state index in [1.807, 2.05) is 6.92 Å². The summed E-state index contributed by atoms with van der Waals surface area (Å²) in [5.41, 5.74) is 2.77. The van der Waals surface area contributed by atoms with Crippen molar-refractivity contribution in [1.82, 2.24) is 10.6 Å². The molecule has 0 aliphatic heterocycles. The van der Waals surface area contributed by atoms with Crippen molar-refractivity contribution in [2.24, 2.45) is 4.99 Å². The van der Waals surface area contributed by atoms with Gasteiger partial charge in [0, 0.05) is 17.8 Å². The number of nitrogens with one attached hydrogen (secondary N) is 3. The molecule has 170 valence electrons. The molecule has 0 saturated carbocycles. The number of carbonyl (C=O) groups excluding carboxylic acids is 1. The van der Waals surface area contributed by atoms with Gasteiger partial charge >= 0.3 is 6.18 Å². The second kappa shape index (κ2) is 12.4. The third-order valence-corrected chi connectivity index (χ3v) is 4.05. The second-order valence-electron chi connectivity index (χ2n) is 6.75. The molecule has 0 fully saturated rings. The number of carbonyl (C=O) groups is 1. The average Bonchev–Trinajstić information content (AvgIpc) is 2.76. The number of hydrogen-bond donors (Lipinski definition) is 3. The van der Waals surface area contributed by atoms with Gasteiger partial charge in [-0.1, -0.05) is 36.3 Å². The maximum absolute atomic E-state index is 12.2. The molecular weight excluding hydrogens is 421 g/mol. The van der Waals surface area contributed by atoms with Crippen LogP contribution < -0.4 is 16.0 Å². The zero-order chi connectivity index (χ0) is 23.4. The van der Waals surface area contributed by atoms with Gasteiger partial charge in [0.15, 0.2) is 5.96 Å². The lowest BCUT2D eigenvalue weighted by molar-refractivity contribution is -0.176. The van der Waals surface area contributed by atoms with Crippen LogP contribution in [0.25, 0.3) is 0 Å². The molecule has 0 heterocycles. The van der Waals surface area contributed by atoms with Gasteiger partial charge in [0.1, 0.15) is 6.61 Å². The summed E-state index contributed by atoms with van der Waals surface area (Å²) in [6.07, 6.45) is 1.02. The minimum absolute atomic E-state index is 0.00158. The quantitative estimate of drug-likeness (QED) is 0.313. The number of amides is 1. The van der Waals surface area contributed by atoms with Gasteiger partial charge in [-0.3, -0.25) is 4.79 Å². The first-order chi connectivity index (χ1) is 15.3. The first-order valence-electron chi connectivity index (χ1n) is 9.90. The minimum Gasteiger partial charge on any atom is -0.367 e. The Hall–Kier alpha value is -3.51. The van der Waals surface area contributed by atoms with Crippen LogP contribution in [0.3, 0.4) is 0 Å². The summed E-state index contributed by atoms with van der Waals surface area (Å²) in [5.74, 6) is 2.71. The molecule has 0 unspecified atom stereocenters. The molecule has 2 aromatic rings. The van der Waals surface area contributed by atoms with Crippen LogP contribution in [0.1, 0.15) is 23.6 Å². The van der Waals surface area contributed by atoms with Crippen LogP contribution in [0.15, 0.2) is 53.5 Å². The molecule has 1 amide bonds. The molecule has 0 aliphatic carbocycles. The molecule has 6 nitrogen and oxygen atoms in total. The standard InChI is InChI=1S/C23H25F3N4O2/c1-3-17-6-5-7-20(12-17)30-21(31)14-29-22(27-4-2)28-13-18-8-10-19(11-9-18)15-32-16-23(24,25)26/h1,5-12H,4,13-16H2,2H3,(H,30,31)(H2,27,28,29). The average molecular weight is 446 g/mol. The number of terminal acetylenes is 1. The summed E-state index contributed by atoms with van der Waals surface area (Å²) in [4.78, 5) is 16.6. The van der Waals surface area contributed by atoms with Crippen LogP contribution in [0.2, 0.25) is 0 Å². The Morgan fingerprint density at radius 3 is 2.50 bits per heavy atom. The molecule has 0 saturated heterocycles. The highest BCUT2D eigenvalue weighted by molar-refractivity contribution is 5.95. The summed E-state index contributed by atoms with van der Waals surface area (Å²) >= 11 is 0. The van der Waals surface area contributed by atoms with E-state index in [-0.39, 0.29) is 19.1 Å². The van der Waals surface area contributed by atoms with Crippen LogP contribution in [-0.4, -0.2) is 37.7 Å². The van der Waals surface area contributed by atoms with Crippen molar-refractivity contribution in [3.05, 3.63) is 65.2 Å². The SMILES string of the molecule is C#Cc1cccc(NC(=O)CNC(=NCc2ccc(COCC(F)(F)F)cc2)NCC)c1. The fourth-order valence-electron chi connectivity index (χ4n) is 2.59. The predicted octanol–water partition coefficient (Wildman–Crippen LogP) is 3.44. The van der Waals surface area contributed by atoms with Crippen molar-refractivity contribution >= 4 is 17.6 Å². The van der Waals surface area contributed by atoms with E-state index in [2.05, 4.69) is 31.6 Å². The van der Waals surface area contributed by atoms with Gasteiger partial charge in [-0.2, -0.15) is 13.2 Å². The number of hydrogen-bond acceptors (Lipinski definition) is 3. The number of nitrogens with zero attached hydrogens (tertiary/aromatic N) is 1. The van der Waals surface area contributed by atoms with Crippen LogP contribution in [0.4, 0.5) is 18.9 Å². The maximum atomic E-state index is 12.2. The zero-order valence-corrected chi connectivity index (χ0v) is 17.6. The first-order valence-corrected chi connectivity index (χ1v) is 9.90. The fraction of sp³-hybridized carbons (Fsp3) is 0.304. The molecule has 0 spiro atoms. The maximum Gasteiger partial charge on any atom is 0.411 e. The zero-order valence-electron chi connectivity index (χ0n) is 17.6. The molecule has 9 heteroatoms. The molecule has 0 aliphatic rings. The number of guanidine groups is 1. The summed E-state index contributed by atoms with van der Waals surface area (Å²) in [7, 11) is 0. The van der Waals surface area contributed by atoms with E-state index >= 15 is 0 Å². The number of halogens is 3. The number of aliphatic imine (C=N–C) groups is 1. The lowest BCUT2D eigenvalue weighted by atomic mass is 10.1. The van der Waals surface area contributed by atoms with E-state index < -0.39 is 12.8 Å². The monoisotopic (exact) mass is 446 g/mol. The molecule has 2 aromatic carbocycles. The van der Waals surface area contributed by atoms with Crippen molar-refractivity contribution in [3.8, 4) is 12.3 Å². The third kappa shape index (κ3) is 9.53. The largest absolute Gasteiger partial charge is 0.411 e. The summed E-state index contributed by atoms with van der Waals surface area (Å²) in [5, 5.41) is 8.76. The lowest BCUT2D eigenvalue weighted by Crippen LogP contribution is -2.41. The normalized spacial score (nSPS) is 11.5. The van der Waals surface area contributed by atoms with Crippen LogP contribution >= 0.6 is 0 Å². The van der Waals surface area contributed by atoms with Gasteiger partial charge in [0.05, 0.1) is 19.7 Å². The Morgan fingerprint density at radius 1 is 1.12 bits per heavy atom. The van der Waals surface area contributed by atoms with Crippen molar-refractivity contribution in [2.75, 3.05) is 25.0 Å². The molecule has 3 N–H and O–H groups in total. The number of anilines is 1. The van der Waals surface area contributed by atoms with Crippen LogP contribution in [-0.2, 0) is 22.7 Å². The topological polar surface area (TPSA) is 74.8 Å². The number of alkyl halides is 3. The van der Waals surface area contributed by atoms with E-state index in [4.69, 9.17) is 6.42 Å². The van der Waals surface area contributed by atoms with Gasteiger partial charge < -0.3 is 20.7 Å². The summed E-state index contributed by atoms with van der Waals surface area (Å²) in [6, 6.07) is 13.9. The summed E-state index contributed by atoms with van der Waals surface area (Å²) in [6.45, 7) is 1.43. The number of benzene rings is 2. The molecule has 0 bridgehead atoms. The second-order valence-corrected chi connectivity index (χ2v) is 6.75.